The highest BCUT2D eigenvalue weighted by Gasteiger charge is 2.19. The molecule has 72 valence electrons. The lowest BCUT2D eigenvalue weighted by Gasteiger charge is -2.02. The largest absolute Gasteiger partial charge is 0.447 e. The minimum absolute atomic E-state index is 0.770. The van der Waals surface area contributed by atoms with E-state index < -0.39 is 0 Å². The van der Waals surface area contributed by atoms with Gasteiger partial charge < -0.3 is 15.1 Å². The highest BCUT2D eigenvalue weighted by atomic mass is 16.3. The number of hydrogen-bond acceptors (Lipinski definition) is 4. The SMILES string of the molecule is c1ncc(CNCCNC2CC2)o1. The van der Waals surface area contributed by atoms with Crippen LogP contribution in [0.1, 0.15) is 18.6 Å². The lowest BCUT2D eigenvalue weighted by Crippen LogP contribution is -2.28. The summed E-state index contributed by atoms with van der Waals surface area (Å²) in [6.07, 6.45) is 5.89. The summed E-state index contributed by atoms with van der Waals surface area (Å²) in [4.78, 5) is 3.84. The van der Waals surface area contributed by atoms with Gasteiger partial charge in [-0.25, -0.2) is 4.98 Å². The van der Waals surface area contributed by atoms with Gasteiger partial charge in [-0.1, -0.05) is 0 Å². The standard InChI is InChI=1S/C9H15N3O/c1-2-8(1)12-4-3-10-5-9-6-11-7-13-9/h6-8,10,12H,1-5H2. The molecule has 1 aromatic rings. The Labute approximate surface area is 77.7 Å². The fraction of sp³-hybridized carbons (Fsp3) is 0.667. The van der Waals surface area contributed by atoms with Crippen molar-refractivity contribution in [2.24, 2.45) is 0 Å². The van der Waals surface area contributed by atoms with Crippen LogP contribution in [-0.4, -0.2) is 24.1 Å². The Morgan fingerprint density at radius 2 is 2.38 bits per heavy atom. The molecule has 1 saturated carbocycles. The van der Waals surface area contributed by atoms with Crippen molar-refractivity contribution in [1.29, 1.82) is 0 Å². The van der Waals surface area contributed by atoms with E-state index in [4.69, 9.17) is 4.42 Å². The monoisotopic (exact) mass is 181 g/mol. The Hall–Kier alpha value is -0.870. The first-order chi connectivity index (χ1) is 6.45. The third kappa shape index (κ3) is 3.16. The highest BCUT2D eigenvalue weighted by molar-refractivity contribution is 4.87. The van der Waals surface area contributed by atoms with Crippen molar-refractivity contribution in [3.63, 3.8) is 0 Å². The van der Waals surface area contributed by atoms with Crippen molar-refractivity contribution in [2.75, 3.05) is 13.1 Å². The molecule has 1 aliphatic rings. The molecule has 1 fully saturated rings. The molecule has 4 nitrogen and oxygen atoms in total. The second kappa shape index (κ2) is 4.39. The Balaban J connectivity index is 1.48. The molecule has 0 atom stereocenters. The van der Waals surface area contributed by atoms with E-state index in [9.17, 15) is 0 Å². The Bertz CT molecular complexity index is 231. The first kappa shape index (κ1) is 8.72. The smallest absolute Gasteiger partial charge is 0.180 e. The zero-order chi connectivity index (χ0) is 8.93. The lowest BCUT2D eigenvalue weighted by molar-refractivity contribution is 0.476. The topological polar surface area (TPSA) is 50.1 Å². The highest BCUT2D eigenvalue weighted by Crippen LogP contribution is 2.17. The fourth-order valence-electron chi connectivity index (χ4n) is 1.19. The third-order valence-corrected chi connectivity index (χ3v) is 2.09. The summed E-state index contributed by atoms with van der Waals surface area (Å²) in [6, 6.07) is 0.798. The van der Waals surface area contributed by atoms with Crippen molar-refractivity contribution >= 4 is 0 Å². The van der Waals surface area contributed by atoms with Crippen molar-refractivity contribution in [2.45, 2.75) is 25.4 Å². The Morgan fingerprint density at radius 1 is 1.46 bits per heavy atom. The van der Waals surface area contributed by atoms with Crippen LogP contribution in [0.2, 0.25) is 0 Å². The Morgan fingerprint density at radius 3 is 3.08 bits per heavy atom. The van der Waals surface area contributed by atoms with Crippen LogP contribution in [0.3, 0.4) is 0 Å². The van der Waals surface area contributed by atoms with Gasteiger partial charge >= 0.3 is 0 Å². The molecule has 0 saturated heterocycles. The number of aromatic nitrogens is 1. The van der Waals surface area contributed by atoms with E-state index in [1.807, 2.05) is 0 Å². The minimum atomic E-state index is 0.770. The van der Waals surface area contributed by atoms with Crippen LogP contribution < -0.4 is 10.6 Å². The van der Waals surface area contributed by atoms with E-state index in [2.05, 4.69) is 15.6 Å². The van der Waals surface area contributed by atoms with Crippen molar-refractivity contribution in [3.8, 4) is 0 Å². The lowest BCUT2D eigenvalue weighted by atomic mass is 10.5. The van der Waals surface area contributed by atoms with Crippen molar-refractivity contribution < 1.29 is 4.42 Å². The van der Waals surface area contributed by atoms with Gasteiger partial charge in [-0.15, -0.1) is 0 Å². The van der Waals surface area contributed by atoms with E-state index in [-0.39, 0.29) is 0 Å². The summed E-state index contributed by atoms with van der Waals surface area (Å²) in [5.74, 6) is 0.895. The van der Waals surface area contributed by atoms with Gasteiger partial charge in [0.1, 0.15) is 5.76 Å². The van der Waals surface area contributed by atoms with Gasteiger partial charge in [0.05, 0.1) is 12.7 Å². The zero-order valence-electron chi connectivity index (χ0n) is 7.62. The number of oxazole rings is 1. The number of rotatable bonds is 6. The molecule has 4 heteroatoms. The first-order valence-corrected chi connectivity index (χ1v) is 4.76. The van der Waals surface area contributed by atoms with Crippen LogP contribution in [0.15, 0.2) is 17.0 Å². The summed E-state index contributed by atoms with van der Waals surface area (Å²) in [7, 11) is 0. The molecule has 2 rings (SSSR count). The van der Waals surface area contributed by atoms with E-state index in [1.54, 1.807) is 6.20 Å². The molecule has 13 heavy (non-hydrogen) atoms. The summed E-state index contributed by atoms with van der Waals surface area (Å²) in [6.45, 7) is 2.79. The zero-order valence-corrected chi connectivity index (χ0v) is 7.62. The summed E-state index contributed by atoms with van der Waals surface area (Å²) >= 11 is 0. The van der Waals surface area contributed by atoms with E-state index in [0.29, 0.717) is 0 Å². The van der Waals surface area contributed by atoms with Gasteiger partial charge in [0.15, 0.2) is 6.39 Å². The quantitative estimate of drug-likeness (QED) is 0.628. The number of nitrogens with zero attached hydrogens (tertiary/aromatic N) is 1. The molecule has 0 aromatic carbocycles. The van der Waals surface area contributed by atoms with Gasteiger partial charge in [0.25, 0.3) is 0 Å². The van der Waals surface area contributed by atoms with Crippen LogP contribution in [0.4, 0.5) is 0 Å². The van der Waals surface area contributed by atoms with Gasteiger partial charge in [-0.2, -0.15) is 0 Å². The minimum Gasteiger partial charge on any atom is -0.447 e. The van der Waals surface area contributed by atoms with Crippen LogP contribution in [0.5, 0.6) is 0 Å². The third-order valence-electron chi connectivity index (χ3n) is 2.09. The van der Waals surface area contributed by atoms with Crippen molar-refractivity contribution in [1.82, 2.24) is 15.6 Å². The number of hydrogen-bond donors (Lipinski definition) is 2. The second-order valence-corrected chi connectivity index (χ2v) is 3.37. The predicted octanol–water partition coefficient (Wildman–Crippen LogP) is 0.516. The molecule has 1 heterocycles. The molecule has 0 spiro atoms. The Kier molecular flexibility index (Phi) is 2.94. The van der Waals surface area contributed by atoms with Crippen LogP contribution in [0, 0.1) is 0 Å². The van der Waals surface area contributed by atoms with Crippen LogP contribution >= 0.6 is 0 Å². The van der Waals surface area contributed by atoms with Crippen LogP contribution in [-0.2, 0) is 6.54 Å². The maximum atomic E-state index is 5.08. The van der Waals surface area contributed by atoms with Crippen molar-refractivity contribution in [3.05, 3.63) is 18.4 Å². The fourth-order valence-corrected chi connectivity index (χ4v) is 1.19. The normalized spacial score (nSPS) is 16.3. The molecule has 2 N–H and O–H groups in total. The molecule has 0 unspecified atom stereocenters. The van der Waals surface area contributed by atoms with E-state index in [1.165, 1.54) is 19.2 Å². The molecular weight excluding hydrogens is 166 g/mol. The predicted molar refractivity (Wildman–Crippen MR) is 49.2 cm³/mol. The molecule has 0 aliphatic heterocycles. The molecule has 0 bridgehead atoms. The maximum absolute atomic E-state index is 5.08. The molecule has 0 amide bonds. The number of nitrogens with one attached hydrogen (secondary N) is 2. The van der Waals surface area contributed by atoms with Gasteiger partial charge in [-0.3, -0.25) is 0 Å². The summed E-state index contributed by atoms with van der Waals surface area (Å²) in [5.41, 5.74) is 0. The van der Waals surface area contributed by atoms with Gasteiger partial charge in [0, 0.05) is 19.1 Å². The van der Waals surface area contributed by atoms with Gasteiger partial charge in [0.2, 0.25) is 0 Å². The summed E-state index contributed by atoms with van der Waals surface area (Å²) in [5, 5.41) is 6.70. The average molecular weight is 181 g/mol. The van der Waals surface area contributed by atoms with E-state index >= 15 is 0 Å². The molecule has 1 aliphatic carbocycles. The van der Waals surface area contributed by atoms with Gasteiger partial charge in [-0.05, 0) is 12.8 Å². The van der Waals surface area contributed by atoms with Crippen LogP contribution in [0.25, 0.3) is 0 Å². The maximum Gasteiger partial charge on any atom is 0.180 e. The first-order valence-electron chi connectivity index (χ1n) is 4.76. The van der Waals surface area contributed by atoms with E-state index in [0.717, 1.165) is 31.4 Å². The second-order valence-electron chi connectivity index (χ2n) is 3.37. The molecular formula is C9H15N3O. The average Bonchev–Trinajstić information content (AvgIpc) is 2.81. The summed E-state index contributed by atoms with van der Waals surface area (Å²) < 4.78 is 5.08. The molecule has 0 radical (unpaired) electrons. The molecule has 1 aromatic heterocycles.